The molecule has 0 atom stereocenters. The van der Waals surface area contributed by atoms with Gasteiger partial charge in [-0.3, -0.25) is 0 Å². The summed E-state index contributed by atoms with van der Waals surface area (Å²) in [4.78, 5) is 7.69. The Morgan fingerprint density at radius 2 is 0.931 bits per heavy atom. The molecule has 0 radical (unpaired) electrons. The molecular weight excluding hydrogens is 701 g/mol. The second kappa shape index (κ2) is 13.9. The van der Waals surface area contributed by atoms with E-state index < -0.39 is 5.41 Å². The van der Waals surface area contributed by atoms with Crippen LogP contribution in [0.2, 0.25) is 0 Å². The fourth-order valence-corrected chi connectivity index (χ4v) is 9.44. The lowest BCUT2D eigenvalue weighted by molar-refractivity contribution is 0.768. The second-order valence-corrected chi connectivity index (χ2v) is 15.0. The summed E-state index contributed by atoms with van der Waals surface area (Å²) in [5, 5.41) is 3.53. The molecule has 0 bridgehead atoms. The van der Waals surface area contributed by atoms with Gasteiger partial charge in [-0.05, 0) is 80.7 Å². The number of fused-ring (bicyclic) bond motifs is 6. The van der Waals surface area contributed by atoms with Gasteiger partial charge in [0.25, 0.3) is 0 Å². The highest BCUT2D eigenvalue weighted by Gasteiger charge is 2.47. The molecule has 11 rings (SSSR count). The molecule has 0 saturated carbocycles. The third-order valence-corrected chi connectivity index (χ3v) is 11.9. The van der Waals surface area contributed by atoms with E-state index >= 15 is 0 Å². The molecule has 0 unspecified atom stereocenters. The first kappa shape index (κ1) is 33.8. The first-order valence-electron chi connectivity index (χ1n) is 20.0. The number of rotatable bonds is 7. The van der Waals surface area contributed by atoms with Gasteiger partial charge in [0.1, 0.15) is 0 Å². The van der Waals surface area contributed by atoms with Crippen LogP contribution >= 0.6 is 0 Å². The normalized spacial score (nSPS) is 12.6. The van der Waals surface area contributed by atoms with Crippen LogP contribution in [0.3, 0.4) is 0 Å². The highest BCUT2D eigenvalue weighted by molar-refractivity contribution is 6.11. The summed E-state index contributed by atoms with van der Waals surface area (Å²) in [6.07, 6.45) is 0. The summed E-state index contributed by atoms with van der Waals surface area (Å²) >= 11 is 0. The zero-order valence-electron chi connectivity index (χ0n) is 31.8. The van der Waals surface area contributed by atoms with Crippen molar-refractivity contribution in [3.8, 4) is 33.5 Å². The second-order valence-electron chi connectivity index (χ2n) is 15.0. The number of para-hydroxylation sites is 1. The van der Waals surface area contributed by atoms with Crippen molar-refractivity contribution >= 4 is 38.7 Å². The average Bonchev–Trinajstić information content (AvgIpc) is 3.62. The molecule has 1 aliphatic carbocycles. The van der Waals surface area contributed by atoms with Gasteiger partial charge < -0.3 is 4.90 Å². The number of anilines is 3. The lowest BCUT2D eigenvalue weighted by Crippen LogP contribution is -2.28. The number of nitrogens with zero attached hydrogens (tertiary/aromatic N) is 2. The number of hydrogen-bond donors (Lipinski definition) is 0. The molecule has 1 aliphatic rings. The lowest BCUT2D eigenvalue weighted by Gasteiger charge is -2.34. The fourth-order valence-electron chi connectivity index (χ4n) is 9.44. The number of pyridine rings is 1. The fraction of sp³-hybridized carbons (Fsp3) is 0.0179. The molecule has 0 N–H and O–H groups in total. The van der Waals surface area contributed by atoms with Crippen LogP contribution < -0.4 is 4.90 Å². The van der Waals surface area contributed by atoms with Gasteiger partial charge in [-0.1, -0.05) is 194 Å². The van der Waals surface area contributed by atoms with E-state index in [0.717, 1.165) is 39.2 Å². The summed E-state index contributed by atoms with van der Waals surface area (Å²) in [6, 6.07) is 83.6. The third kappa shape index (κ3) is 5.30. The first-order chi connectivity index (χ1) is 28.8. The molecule has 10 aromatic rings. The van der Waals surface area contributed by atoms with Crippen molar-refractivity contribution in [3.63, 3.8) is 0 Å². The average molecular weight is 739 g/mol. The summed E-state index contributed by atoms with van der Waals surface area (Å²) in [7, 11) is 0. The molecule has 1 aromatic heterocycles. The summed E-state index contributed by atoms with van der Waals surface area (Å²) in [6.45, 7) is 0. The molecule has 2 heteroatoms. The van der Waals surface area contributed by atoms with Crippen molar-refractivity contribution in [1.29, 1.82) is 0 Å². The Morgan fingerprint density at radius 1 is 0.362 bits per heavy atom. The van der Waals surface area contributed by atoms with Crippen molar-refractivity contribution in [3.05, 3.63) is 253 Å². The Morgan fingerprint density at radius 3 is 1.67 bits per heavy atom. The van der Waals surface area contributed by atoms with Crippen molar-refractivity contribution in [2.24, 2.45) is 0 Å². The Hall–Kier alpha value is -7.55. The predicted molar refractivity (Wildman–Crippen MR) is 242 cm³/mol. The van der Waals surface area contributed by atoms with Gasteiger partial charge >= 0.3 is 0 Å². The van der Waals surface area contributed by atoms with E-state index in [1.165, 1.54) is 55.3 Å². The predicted octanol–water partition coefficient (Wildman–Crippen LogP) is 14.6. The SMILES string of the molecule is c1ccc(-c2cccc(N(c3ccc(-c4nc5ccccc5c5ccccc45)cc3)c3cccc4c3-c3ccccc3C4(c3ccccc3)c3ccccc3)c2)cc1. The van der Waals surface area contributed by atoms with Crippen LogP contribution in [-0.2, 0) is 5.41 Å². The van der Waals surface area contributed by atoms with Crippen LogP contribution in [0.4, 0.5) is 17.1 Å². The topological polar surface area (TPSA) is 16.1 Å². The van der Waals surface area contributed by atoms with Gasteiger partial charge in [0.15, 0.2) is 0 Å². The molecule has 272 valence electrons. The van der Waals surface area contributed by atoms with Crippen molar-refractivity contribution < 1.29 is 0 Å². The smallest absolute Gasteiger partial charge is 0.0788 e. The van der Waals surface area contributed by atoms with E-state index in [0.29, 0.717) is 0 Å². The van der Waals surface area contributed by atoms with E-state index in [1.807, 2.05) is 0 Å². The van der Waals surface area contributed by atoms with Crippen LogP contribution in [0.15, 0.2) is 231 Å². The molecule has 0 amide bonds. The zero-order valence-corrected chi connectivity index (χ0v) is 31.8. The Kier molecular flexibility index (Phi) is 8.08. The summed E-state index contributed by atoms with van der Waals surface area (Å²) in [5.74, 6) is 0. The van der Waals surface area contributed by atoms with Gasteiger partial charge in [-0.15, -0.1) is 0 Å². The van der Waals surface area contributed by atoms with Gasteiger partial charge in [-0.2, -0.15) is 0 Å². The number of hydrogen-bond acceptors (Lipinski definition) is 2. The molecule has 0 aliphatic heterocycles. The maximum absolute atomic E-state index is 5.24. The van der Waals surface area contributed by atoms with Gasteiger partial charge in [-0.25, -0.2) is 4.98 Å². The van der Waals surface area contributed by atoms with Crippen LogP contribution in [0.5, 0.6) is 0 Å². The van der Waals surface area contributed by atoms with E-state index in [-0.39, 0.29) is 0 Å². The molecule has 0 saturated heterocycles. The number of benzene rings is 9. The standard InChI is InChI=1S/C56H38N2/c1-4-18-39(19-5-1)41-20-16-25-45(38-41)58(44-36-34-40(35-37-44)55-48-28-11-10-26-46(48)47-27-13-15-32-52(47)57-55)53-33-17-31-51-54(53)49-29-12-14-30-50(49)56(51,42-21-6-2-7-22-42)43-23-8-3-9-24-43/h1-38H. The van der Waals surface area contributed by atoms with E-state index in [1.54, 1.807) is 0 Å². The Balaban J connectivity index is 1.16. The molecule has 58 heavy (non-hydrogen) atoms. The van der Waals surface area contributed by atoms with Gasteiger partial charge in [0.2, 0.25) is 0 Å². The molecule has 2 nitrogen and oxygen atoms in total. The number of aromatic nitrogens is 1. The Labute approximate surface area is 339 Å². The van der Waals surface area contributed by atoms with E-state index in [4.69, 9.17) is 4.98 Å². The van der Waals surface area contributed by atoms with Crippen LogP contribution in [0.25, 0.3) is 55.2 Å². The Bertz CT molecular complexity index is 3060. The molecule has 0 spiro atoms. The molecule has 0 fully saturated rings. The van der Waals surface area contributed by atoms with Gasteiger partial charge in [0.05, 0.1) is 22.3 Å². The van der Waals surface area contributed by atoms with Crippen LogP contribution in [0, 0.1) is 0 Å². The minimum atomic E-state index is -0.505. The summed E-state index contributed by atoms with van der Waals surface area (Å²) < 4.78 is 0. The lowest BCUT2D eigenvalue weighted by atomic mass is 9.68. The third-order valence-electron chi connectivity index (χ3n) is 11.9. The zero-order chi connectivity index (χ0) is 38.5. The highest BCUT2D eigenvalue weighted by atomic mass is 15.1. The van der Waals surface area contributed by atoms with Crippen LogP contribution in [-0.4, -0.2) is 4.98 Å². The van der Waals surface area contributed by atoms with Crippen molar-refractivity contribution in [1.82, 2.24) is 4.98 Å². The molecule has 9 aromatic carbocycles. The monoisotopic (exact) mass is 738 g/mol. The van der Waals surface area contributed by atoms with Crippen molar-refractivity contribution in [2.75, 3.05) is 4.90 Å². The maximum Gasteiger partial charge on any atom is 0.0788 e. The molecule has 1 heterocycles. The summed E-state index contributed by atoms with van der Waals surface area (Å²) in [5.41, 5.74) is 15.8. The van der Waals surface area contributed by atoms with Crippen molar-refractivity contribution in [2.45, 2.75) is 5.41 Å². The highest BCUT2D eigenvalue weighted by Crippen LogP contribution is 2.59. The van der Waals surface area contributed by atoms with E-state index in [2.05, 4.69) is 235 Å². The van der Waals surface area contributed by atoms with Crippen LogP contribution in [0.1, 0.15) is 22.3 Å². The maximum atomic E-state index is 5.24. The van der Waals surface area contributed by atoms with Gasteiger partial charge in [0, 0.05) is 33.3 Å². The minimum Gasteiger partial charge on any atom is -0.310 e. The molecular formula is C56H38N2. The quantitative estimate of drug-likeness (QED) is 0.151. The largest absolute Gasteiger partial charge is 0.310 e. The first-order valence-corrected chi connectivity index (χ1v) is 20.0. The van der Waals surface area contributed by atoms with E-state index in [9.17, 15) is 0 Å². The minimum absolute atomic E-state index is 0.505.